The van der Waals surface area contributed by atoms with Crippen LogP contribution in [0.1, 0.15) is 24.7 Å². The Morgan fingerprint density at radius 3 is 2.47 bits per heavy atom. The molecular weight excluding hydrogens is 267 g/mol. The highest BCUT2D eigenvalue weighted by atomic mass is 32.2. The van der Waals surface area contributed by atoms with Crippen LogP contribution in [0.15, 0.2) is 24.3 Å². The molecule has 0 unspecified atom stereocenters. The summed E-state index contributed by atoms with van der Waals surface area (Å²) < 4.78 is 13.6. The van der Waals surface area contributed by atoms with E-state index in [1.54, 1.807) is 25.1 Å². The smallest absolute Gasteiger partial charge is 0.321 e. The molecule has 0 aliphatic rings. The molecule has 0 aliphatic heterocycles. The van der Waals surface area contributed by atoms with E-state index < -0.39 is 17.2 Å². The molecule has 0 saturated carbocycles. The molecule has 1 aromatic carbocycles. The van der Waals surface area contributed by atoms with Gasteiger partial charge in [-0.2, -0.15) is 0 Å². The van der Waals surface area contributed by atoms with E-state index in [1.807, 2.05) is 6.92 Å². The minimum absolute atomic E-state index is 0.174. The third kappa shape index (κ3) is 4.55. The van der Waals surface area contributed by atoms with E-state index in [0.717, 1.165) is 0 Å². The molecule has 4 nitrogen and oxygen atoms in total. The van der Waals surface area contributed by atoms with E-state index >= 15 is 0 Å². The number of hydrogen-bond acceptors (Lipinski definition) is 3. The molecule has 1 rings (SSSR count). The molecule has 2 atom stereocenters. The van der Waals surface area contributed by atoms with E-state index in [9.17, 15) is 14.0 Å². The van der Waals surface area contributed by atoms with Crippen LogP contribution in [0.25, 0.3) is 0 Å². The number of carbonyl (C=O) groups excluding carboxylic acids is 2. The van der Waals surface area contributed by atoms with Gasteiger partial charge in [0.25, 0.3) is 0 Å². The number of nitrogens with one attached hydrogen (secondary N) is 2. The second-order valence-corrected chi connectivity index (χ2v) is 5.70. The Kier molecular flexibility index (Phi) is 5.82. The van der Waals surface area contributed by atoms with E-state index in [0.29, 0.717) is 5.56 Å². The molecule has 0 saturated heterocycles. The normalized spacial score (nSPS) is 13.5. The van der Waals surface area contributed by atoms with E-state index in [2.05, 4.69) is 10.6 Å². The van der Waals surface area contributed by atoms with Gasteiger partial charge < -0.3 is 5.32 Å². The Hall–Kier alpha value is -1.56. The number of urea groups is 1. The summed E-state index contributed by atoms with van der Waals surface area (Å²) in [4.78, 5) is 22.7. The zero-order valence-corrected chi connectivity index (χ0v) is 11.9. The molecule has 104 valence electrons. The van der Waals surface area contributed by atoms with Gasteiger partial charge in [-0.15, -0.1) is 11.8 Å². The van der Waals surface area contributed by atoms with Gasteiger partial charge in [0.2, 0.25) is 5.91 Å². The lowest BCUT2D eigenvalue weighted by Gasteiger charge is -2.17. The summed E-state index contributed by atoms with van der Waals surface area (Å²) in [5, 5.41) is 3.88. The van der Waals surface area contributed by atoms with Crippen molar-refractivity contribution in [2.75, 3.05) is 7.05 Å². The Balaban J connectivity index is 2.62. The molecule has 0 radical (unpaired) electrons. The molecule has 0 aliphatic carbocycles. The summed E-state index contributed by atoms with van der Waals surface area (Å²) in [5.74, 6) is -0.686. The lowest BCUT2D eigenvalue weighted by molar-refractivity contribution is -0.119. The van der Waals surface area contributed by atoms with Crippen molar-refractivity contribution < 1.29 is 14.0 Å². The van der Waals surface area contributed by atoms with Gasteiger partial charge in [0.1, 0.15) is 5.82 Å². The molecule has 2 N–H and O–H groups in total. The monoisotopic (exact) mass is 284 g/mol. The van der Waals surface area contributed by atoms with Crippen LogP contribution in [0.2, 0.25) is 0 Å². The third-order valence-electron chi connectivity index (χ3n) is 2.58. The van der Waals surface area contributed by atoms with Crippen molar-refractivity contribution in [1.82, 2.24) is 10.6 Å². The predicted molar refractivity (Wildman–Crippen MR) is 74.5 cm³/mol. The van der Waals surface area contributed by atoms with Crippen molar-refractivity contribution >= 4 is 23.7 Å². The van der Waals surface area contributed by atoms with Crippen LogP contribution in [0.4, 0.5) is 9.18 Å². The maximum absolute atomic E-state index is 13.6. The van der Waals surface area contributed by atoms with Gasteiger partial charge in [-0.25, -0.2) is 9.18 Å². The zero-order chi connectivity index (χ0) is 14.4. The Labute approximate surface area is 116 Å². The first-order valence-corrected chi connectivity index (χ1v) is 6.82. The Morgan fingerprint density at radius 1 is 1.26 bits per heavy atom. The number of rotatable bonds is 4. The summed E-state index contributed by atoms with van der Waals surface area (Å²) >= 11 is 1.30. The van der Waals surface area contributed by atoms with E-state index in [4.69, 9.17) is 0 Å². The van der Waals surface area contributed by atoms with Crippen LogP contribution >= 0.6 is 11.8 Å². The highest BCUT2D eigenvalue weighted by molar-refractivity contribution is 8.00. The predicted octanol–water partition coefficient (Wildman–Crippen LogP) is 2.46. The minimum Gasteiger partial charge on any atom is -0.341 e. The summed E-state index contributed by atoms with van der Waals surface area (Å²) in [6.45, 7) is 3.51. The van der Waals surface area contributed by atoms with E-state index in [-0.39, 0.29) is 11.1 Å². The largest absolute Gasteiger partial charge is 0.341 e. The van der Waals surface area contributed by atoms with E-state index in [1.165, 1.54) is 24.9 Å². The fourth-order valence-electron chi connectivity index (χ4n) is 1.52. The van der Waals surface area contributed by atoms with Crippen LogP contribution in [0.3, 0.4) is 0 Å². The topological polar surface area (TPSA) is 58.2 Å². The van der Waals surface area contributed by atoms with Crippen LogP contribution in [0, 0.1) is 5.82 Å². The number of amides is 3. The summed E-state index contributed by atoms with van der Waals surface area (Å²) in [6.07, 6.45) is 0. The molecule has 1 aromatic rings. The third-order valence-corrected chi connectivity index (χ3v) is 3.87. The van der Waals surface area contributed by atoms with Crippen molar-refractivity contribution in [2.24, 2.45) is 0 Å². The summed E-state index contributed by atoms with van der Waals surface area (Å²) in [6, 6.07) is 5.91. The van der Waals surface area contributed by atoms with Crippen molar-refractivity contribution in [3.63, 3.8) is 0 Å². The standard InChI is InChI=1S/C13H17FN2O2S/c1-8(10-6-4-5-7-11(10)14)19-9(2)12(17)16-13(18)15-3/h4-9H,1-3H3,(H2,15,16,17,18)/t8-,9+/m1/s1. The Bertz CT molecular complexity index is 468. The average molecular weight is 284 g/mol. The number of halogens is 1. The molecule has 6 heteroatoms. The van der Waals surface area contributed by atoms with Gasteiger partial charge in [-0.3, -0.25) is 10.1 Å². The molecule has 0 heterocycles. The quantitative estimate of drug-likeness (QED) is 0.893. The number of thioether (sulfide) groups is 1. The SMILES string of the molecule is CNC(=O)NC(=O)[C@H](C)S[C@H](C)c1ccccc1F. The maximum atomic E-state index is 13.6. The summed E-state index contributed by atoms with van der Waals surface area (Å²) in [7, 11) is 1.43. The van der Waals surface area contributed by atoms with Crippen molar-refractivity contribution in [3.05, 3.63) is 35.6 Å². The number of imide groups is 1. The lowest BCUT2D eigenvalue weighted by atomic mass is 10.1. The van der Waals surface area contributed by atoms with Gasteiger partial charge in [0.15, 0.2) is 0 Å². The van der Waals surface area contributed by atoms with Crippen molar-refractivity contribution in [2.45, 2.75) is 24.3 Å². The van der Waals surface area contributed by atoms with Crippen LogP contribution in [-0.2, 0) is 4.79 Å². The van der Waals surface area contributed by atoms with Gasteiger partial charge in [-0.1, -0.05) is 18.2 Å². The fraction of sp³-hybridized carbons (Fsp3) is 0.385. The highest BCUT2D eigenvalue weighted by Crippen LogP contribution is 2.33. The molecule has 3 amide bonds. The van der Waals surface area contributed by atoms with Crippen LogP contribution in [0.5, 0.6) is 0 Å². The lowest BCUT2D eigenvalue weighted by Crippen LogP contribution is -2.41. The molecule has 0 spiro atoms. The maximum Gasteiger partial charge on any atom is 0.321 e. The van der Waals surface area contributed by atoms with Crippen LogP contribution < -0.4 is 10.6 Å². The second kappa shape index (κ2) is 7.13. The first-order chi connectivity index (χ1) is 8.95. The van der Waals surface area contributed by atoms with Gasteiger partial charge in [0.05, 0.1) is 5.25 Å². The zero-order valence-electron chi connectivity index (χ0n) is 11.1. The highest BCUT2D eigenvalue weighted by Gasteiger charge is 2.20. The Morgan fingerprint density at radius 2 is 1.89 bits per heavy atom. The number of benzene rings is 1. The summed E-state index contributed by atoms with van der Waals surface area (Å²) in [5.41, 5.74) is 0.548. The molecule has 0 bridgehead atoms. The molecule has 0 fully saturated rings. The first kappa shape index (κ1) is 15.5. The molecule has 0 aromatic heterocycles. The molecular formula is C13H17FN2O2S. The number of hydrogen-bond donors (Lipinski definition) is 2. The van der Waals surface area contributed by atoms with Gasteiger partial charge in [-0.05, 0) is 19.9 Å². The second-order valence-electron chi connectivity index (χ2n) is 4.01. The fourth-order valence-corrected chi connectivity index (χ4v) is 2.65. The van der Waals surface area contributed by atoms with Gasteiger partial charge in [0, 0.05) is 17.9 Å². The van der Waals surface area contributed by atoms with Crippen molar-refractivity contribution in [1.29, 1.82) is 0 Å². The van der Waals surface area contributed by atoms with Gasteiger partial charge >= 0.3 is 6.03 Å². The van der Waals surface area contributed by atoms with Crippen LogP contribution in [-0.4, -0.2) is 24.2 Å². The molecule has 19 heavy (non-hydrogen) atoms. The average Bonchev–Trinajstić information content (AvgIpc) is 2.38. The van der Waals surface area contributed by atoms with Crippen molar-refractivity contribution in [3.8, 4) is 0 Å². The first-order valence-electron chi connectivity index (χ1n) is 5.88. The number of carbonyl (C=O) groups is 2. The minimum atomic E-state index is -0.545.